The lowest BCUT2D eigenvalue weighted by Crippen LogP contribution is -2.38. The van der Waals surface area contributed by atoms with Gasteiger partial charge in [-0.05, 0) is 43.3 Å². The Hall–Kier alpha value is 0.310. The molecule has 1 N–H and O–H groups in total. The second kappa shape index (κ2) is 7.68. The molecule has 0 radical (unpaired) electrons. The largest absolute Gasteiger partial charge is 0.313 e. The van der Waals surface area contributed by atoms with Gasteiger partial charge in [0, 0.05) is 18.3 Å². The molecule has 2 fully saturated rings. The topological polar surface area (TPSA) is 12.0 Å². The Balaban J connectivity index is 1.47. The molecule has 0 heterocycles. The number of thioether (sulfide) groups is 1. The molecule has 0 aromatic rings. The maximum atomic E-state index is 3.78. The number of hydrogen-bond donors (Lipinski definition) is 1. The summed E-state index contributed by atoms with van der Waals surface area (Å²) >= 11 is 2.18. The minimum absolute atomic E-state index is 0.816. The summed E-state index contributed by atoms with van der Waals surface area (Å²) in [5.74, 6) is 4.69. The molecule has 100 valence electrons. The third kappa shape index (κ3) is 4.82. The summed E-state index contributed by atoms with van der Waals surface area (Å²) in [6, 6.07) is 0.816. The zero-order valence-electron chi connectivity index (χ0n) is 11.4. The van der Waals surface area contributed by atoms with E-state index in [0.717, 1.165) is 17.9 Å². The highest BCUT2D eigenvalue weighted by Gasteiger charge is 2.20. The Morgan fingerprint density at radius 2 is 1.71 bits per heavy atom. The van der Waals surface area contributed by atoms with E-state index in [1.165, 1.54) is 69.4 Å². The molecule has 2 rings (SSSR count). The fourth-order valence-corrected chi connectivity index (χ4v) is 4.46. The van der Waals surface area contributed by atoms with Crippen LogP contribution in [0, 0.1) is 11.8 Å². The first-order valence-electron chi connectivity index (χ1n) is 7.67. The van der Waals surface area contributed by atoms with Gasteiger partial charge < -0.3 is 5.32 Å². The molecule has 2 atom stereocenters. The van der Waals surface area contributed by atoms with Crippen molar-refractivity contribution in [1.82, 2.24) is 5.32 Å². The number of hydrogen-bond acceptors (Lipinski definition) is 2. The predicted molar refractivity (Wildman–Crippen MR) is 78.7 cm³/mol. The maximum absolute atomic E-state index is 3.78. The highest BCUT2D eigenvalue weighted by molar-refractivity contribution is 7.99. The average Bonchev–Trinajstić information content (AvgIpc) is 2.84. The summed E-state index contributed by atoms with van der Waals surface area (Å²) in [5.41, 5.74) is 0. The molecule has 17 heavy (non-hydrogen) atoms. The van der Waals surface area contributed by atoms with Crippen LogP contribution in [0.2, 0.25) is 0 Å². The normalized spacial score (nSPS) is 30.9. The van der Waals surface area contributed by atoms with Crippen molar-refractivity contribution in [2.45, 2.75) is 64.3 Å². The molecule has 2 heteroatoms. The van der Waals surface area contributed by atoms with Crippen molar-refractivity contribution in [2.24, 2.45) is 11.8 Å². The Bertz CT molecular complexity index is 201. The van der Waals surface area contributed by atoms with E-state index in [9.17, 15) is 0 Å². The van der Waals surface area contributed by atoms with Crippen LogP contribution in [0.1, 0.15) is 58.3 Å². The molecule has 2 aliphatic rings. The summed E-state index contributed by atoms with van der Waals surface area (Å²) in [7, 11) is 0. The van der Waals surface area contributed by atoms with Crippen LogP contribution in [-0.2, 0) is 0 Å². The van der Waals surface area contributed by atoms with Gasteiger partial charge in [0.05, 0.1) is 0 Å². The zero-order valence-corrected chi connectivity index (χ0v) is 12.2. The molecule has 1 nitrogen and oxygen atoms in total. The quantitative estimate of drug-likeness (QED) is 0.718. The molecular formula is C15H29NS. The van der Waals surface area contributed by atoms with Gasteiger partial charge in [0.1, 0.15) is 0 Å². The molecule has 0 spiro atoms. The van der Waals surface area contributed by atoms with E-state index < -0.39 is 0 Å². The smallest absolute Gasteiger partial charge is 0.00930 e. The van der Waals surface area contributed by atoms with Crippen molar-refractivity contribution in [1.29, 1.82) is 0 Å². The number of nitrogens with one attached hydrogen (secondary N) is 1. The first-order valence-corrected chi connectivity index (χ1v) is 8.83. The lowest BCUT2D eigenvalue weighted by molar-refractivity contribution is 0.285. The summed E-state index contributed by atoms with van der Waals surface area (Å²) in [6.07, 6.45) is 11.7. The summed E-state index contributed by atoms with van der Waals surface area (Å²) in [5, 5.41) is 3.78. The molecule has 0 bridgehead atoms. The second-order valence-electron chi connectivity index (χ2n) is 6.05. The van der Waals surface area contributed by atoms with Gasteiger partial charge in [-0.15, -0.1) is 0 Å². The monoisotopic (exact) mass is 255 g/mol. The Kier molecular flexibility index (Phi) is 6.21. The highest BCUT2D eigenvalue weighted by Crippen LogP contribution is 2.28. The lowest BCUT2D eigenvalue weighted by Gasteiger charge is -2.29. The minimum atomic E-state index is 0.816. The van der Waals surface area contributed by atoms with Crippen molar-refractivity contribution in [2.75, 3.05) is 18.1 Å². The Morgan fingerprint density at radius 3 is 2.47 bits per heavy atom. The number of rotatable bonds is 6. The van der Waals surface area contributed by atoms with Gasteiger partial charge in [0.15, 0.2) is 0 Å². The Morgan fingerprint density at radius 1 is 1.00 bits per heavy atom. The molecule has 2 unspecified atom stereocenters. The van der Waals surface area contributed by atoms with E-state index >= 15 is 0 Å². The third-order valence-corrected chi connectivity index (χ3v) is 5.79. The van der Waals surface area contributed by atoms with Crippen molar-refractivity contribution in [3.8, 4) is 0 Å². The van der Waals surface area contributed by atoms with E-state index in [0.29, 0.717) is 0 Å². The van der Waals surface area contributed by atoms with Crippen LogP contribution in [0.3, 0.4) is 0 Å². The van der Waals surface area contributed by atoms with Crippen LogP contribution in [0.4, 0.5) is 0 Å². The van der Waals surface area contributed by atoms with Crippen molar-refractivity contribution in [3.05, 3.63) is 0 Å². The van der Waals surface area contributed by atoms with Crippen LogP contribution < -0.4 is 5.32 Å². The first kappa shape index (κ1) is 13.7. The van der Waals surface area contributed by atoms with Gasteiger partial charge in [-0.1, -0.05) is 32.6 Å². The fourth-order valence-electron chi connectivity index (χ4n) is 3.36. The summed E-state index contributed by atoms with van der Waals surface area (Å²) in [4.78, 5) is 0. The molecule has 0 aromatic heterocycles. The zero-order chi connectivity index (χ0) is 11.9. The van der Waals surface area contributed by atoms with Gasteiger partial charge in [-0.25, -0.2) is 0 Å². The fraction of sp³-hybridized carbons (Fsp3) is 1.00. The van der Waals surface area contributed by atoms with Crippen molar-refractivity contribution >= 4 is 11.8 Å². The molecule has 0 saturated heterocycles. The van der Waals surface area contributed by atoms with E-state index in [2.05, 4.69) is 24.0 Å². The van der Waals surface area contributed by atoms with Crippen LogP contribution in [0.15, 0.2) is 0 Å². The molecular weight excluding hydrogens is 226 g/mol. The SMILES string of the molecule is CC1CCCCC1NCCSCC1CCCC1. The highest BCUT2D eigenvalue weighted by atomic mass is 32.2. The van der Waals surface area contributed by atoms with E-state index in [-0.39, 0.29) is 0 Å². The van der Waals surface area contributed by atoms with Crippen LogP contribution in [-0.4, -0.2) is 24.1 Å². The van der Waals surface area contributed by atoms with Crippen LogP contribution in [0.5, 0.6) is 0 Å². The van der Waals surface area contributed by atoms with E-state index in [4.69, 9.17) is 0 Å². The third-order valence-electron chi connectivity index (χ3n) is 4.59. The van der Waals surface area contributed by atoms with Crippen LogP contribution >= 0.6 is 11.8 Å². The van der Waals surface area contributed by atoms with E-state index in [1.807, 2.05) is 0 Å². The van der Waals surface area contributed by atoms with Crippen molar-refractivity contribution < 1.29 is 0 Å². The standard InChI is InChI=1S/C15H29NS/c1-13-6-2-5-9-15(13)16-10-11-17-12-14-7-3-4-8-14/h13-16H,2-12H2,1H3. The van der Waals surface area contributed by atoms with Crippen molar-refractivity contribution in [3.63, 3.8) is 0 Å². The second-order valence-corrected chi connectivity index (χ2v) is 7.20. The van der Waals surface area contributed by atoms with E-state index in [1.54, 1.807) is 0 Å². The average molecular weight is 255 g/mol. The van der Waals surface area contributed by atoms with Gasteiger partial charge in [-0.3, -0.25) is 0 Å². The first-order chi connectivity index (χ1) is 8.36. The van der Waals surface area contributed by atoms with Gasteiger partial charge in [-0.2, -0.15) is 11.8 Å². The minimum Gasteiger partial charge on any atom is -0.313 e. The molecule has 2 saturated carbocycles. The molecule has 0 aliphatic heterocycles. The molecule has 2 aliphatic carbocycles. The Labute approximate surface area is 112 Å². The van der Waals surface area contributed by atoms with Crippen LogP contribution in [0.25, 0.3) is 0 Å². The van der Waals surface area contributed by atoms with Gasteiger partial charge >= 0.3 is 0 Å². The summed E-state index contributed by atoms with van der Waals surface area (Å²) < 4.78 is 0. The molecule has 0 amide bonds. The predicted octanol–water partition coefficient (Wildman–Crippen LogP) is 4.08. The van der Waals surface area contributed by atoms with Gasteiger partial charge in [0.25, 0.3) is 0 Å². The summed E-state index contributed by atoms with van der Waals surface area (Å²) in [6.45, 7) is 3.65. The maximum Gasteiger partial charge on any atom is 0.00930 e. The molecule has 0 aromatic carbocycles. The lowest BCUT2D eigenvalue weighted by atomic mass is 9.86. The van der Waals surface area contributed by atoms with Gasteiger partial charge in [0.2, 0.25) is 0 Å².